The van der Waals surface area contributed by atoms with Gasteiger partial charge in [0.1, 0.15) is 11.5 Å². The minimum absolute atomic E-state index is 0.000910. The van der Waals surface area contributed by atoms with Crippen LogP contribution in [0.4, 0.5) is 0 Å². The summed E-state index contributed by atoms with van der Waals surface area (Å²) in [4.78, 5) is 40.2. The van der Waals surface area contributed by atoms with Crippen LogP contribution in [0, 0.1) is 11.3 Å². The number of amides is 3. The van der Waals surface area contributed by atoms with E-state index in [1.165, 1.54) is 0 Å². The summed E-state index contributed by atoms with van der Waals surface area (Å²) >= 11 is 0. The fourth-order valence-electron chi connectivity index (χ4n) is 6.69. The van der Waals surface area contributed by atoms with E-state index < -0.39 is 11.5 Å². The first-order chi connectivity index (χ1) is 21.6. The van der Waals surface area contributed by atoms with Crippen molar-refractivity contribution in [2.45, 2.75) is 76.3 Å². The Morgan fingerprint density at radius 1 is 1.00 bits per heavy atom. The second-order valence-corrected chi connectivity index (χ2v) is 12.3. The predicted molar refractivity (Wildman–Crippen MR) is 168 cm³/mol. The van der Waals surface area contributed by atoms with Crippen LogP contribution in [0.1, 0.15) is 101 Å². The van der Waals surface area contributed by atoms with Gasteiger partial charge < -0.3 is 25.3 Å². The lowest BCUT2D eigenvalue weighted by atomic mass is 9.68. The molecule has 3 N–H and O–H groups in total. The van der Waals surface area contributed by atoms with E-state index in [-0.39, 0.29) is 36.2 Å². The number of carbonyl (C=O) groups excluding carboxylic acids is 3. The summed E-state index contributed by atoms with van der Waals surface area (Å²) < 4.78 is 6.47. The summed E-state index contributed by atoms with van der Waals surface area (Å²) in [6.07, 6.45) is 3.21. The summed E-state index contributed by atoms with van der Waals surface area (Å²) in [5, 5.41) is 27.4. The van der Waals surface area contributed by atoms with Crippen LogP contribution in [-0.4, -0.2) is 72.1 Å². The SMILES string of the molecule is CNC(=O)c1ccc2c(c1)CCc1cc(C(=O)NC)ccc1C2(C[C@H](C)NCC(=O)N1CCCC1C#N)c1nnc(C(C)C)o1. The van der Waals surface area contributed by atoms with Crippen LogP contribution in [0.3, 0.4) is 0 Å². The molecule has 0 radical (unpaired) electrons. The molecule has 0 bridgehead atoms. The molecule has 45 heavy (non-hydrogen) atoms. The molecule has 3 aromatic rings. The highest BCUT2D eigenvalue weighted by atomic mass is 16.4. The van der Waals surface area contributed by atoms with Gasteiger partial charge in [0.15, 0.2) is 0 Å². The molecule has 1 aromatic heterocycles. The van der Waals surface area contributed by atoms with Gasteiger partial charge in [0.25, 0.3) is 11.8 Å². The molecule has 0 saturated carbocycles. The van der Waals surface area contributed by atoms with Crippen LogP contribution in [0.15, 0.2) is 40.8 Å². The molecular formula is C34H41N7O4. The van der Waals surface area contributed by atoms with Gasteiger partial charge in [-0.15, -0.1) is 10.2 Å². The van der Waals surface area contributed by atoms with Crippen LogP contribution in [0.2, 0.25) is 0 Å². The van der Waals surface area contributed by atoms with E-state index in [2.05, 4.69) is 32.2 Å². The number of aromatic nitrogens is 2. The summed E-state index contributed by atoms with van der Waals surface area (Å²) in [7, 11) is 3.21. The normalized spacial score (nSPS) is 17.5. The Hall–Kier alpha value is -4.56. The molecular weight excluding hydrogens is 570 g/mol. The molecule has 2 atom stereocenters. The monoisotopic (exact) mass is 611 g/mol. The molecule has 236 valence electrons. The number of fused-ring (bicyclic) bond motifs is 2. The van der Waals surface area contributed by atoms with Gasteiger partial charge in [-0.05, 0) is 85.5 Å². The van der Waals surface area contributed by atoms with Gasteiger partial charge in [-0.2, -0.15) is 5.26 Å². The molecule has 1 saturated heterocycles. The summed E-state index contributed by atoms with van der Waals surface area (Å²) in [5.74, 6) is 0.456. The first-order valence-electron chi connectivity index (χ1n) is 15.6. The van der Waals surface area contributed by atoms with Crippen molar-refractivity contribution in [3.63, 3.8) is 0 Å². The molecule has 1 unspecified atom stereocenters. The van der Waals surface area contributed by atoms with Crippen molar-refractivity contribution in [2.75, 3.05) is 27.2 Å². The maximum absolute atomic E-state index is 13.1. The molecule has 2 aromatic carbocycles. The summed E-state index contributed by atoms with van der Waals surface area (Å²) in [6.45, 7) is 6.67. The smallest absolute Gasteiger partial charge is 0.251 e. The fourth-order valence-corrected chi connectivity index (χ4v) is 6.69. The van der Waals surface area contributed by atoms with Crippen molar-refractivity contribution < 1.29 is 18.8 Å². The van der Waals surface area contributed by atoms with Gasteiger partial charge in [-0.1, -0.05) is 26.0 Å². The largest absolute Gasteiger partial charge is 0.424 e. The highest BCUT2D eigenvalue weighted by Crippen LogP contribution is 2.48. The maximum Gasteiger partial charge on any atom is 0.251 e. The lowest BCUT2D eigenvalue weighted by molar-refractivity contribution is -0.130. The number of aryl methyl sites for hydroxylation is 2. The fraction of sp³-hybridized carbons (Fsp3) is 0.471. The molecule has 1 aliphatic carbocycles. The average molecular weight is 612 g/mol. The standard InChI is InChI=1S/C34H41N7O4/c1-20(2)32-39-40-33(45-32)34(17-21(3)38-19-29(42)41-14-6-7-26(41)18-35)27-12-10-24(30(43)36-4)15-22(27)8-9-23-16-25(31(44)37-5)11-13-28(23)34/h10-13,15-16,20-21,26,38H,6-9,14,17,19H2,1-5H3,(H,36,43)(H,37,44)/t21-,26?/m0/s1. The van der Waals surface area contributed by atoms with Crippen LogP contribution >= 0.6 is 0 Å². The Labute approximate surface area is 263 Å². The van der Waals surface area contributed by atoms with Gasteiger partial charge in [0.2, 0.25) is 17.7 Å². The van der Waals surface area contributed by atoms with Gasteiger partial charge in [0, 0.05) is 43.7 Å². The van der Waals surface area contributed by atoms with E-state index in [1.807, 2.05) is 57.2 Å². The summed E-state index contributed by atoms with van der Waals surface area (Å²) in [5.41, 5.74) is 3.94. The molecule has 1 fully saturated rings. The minimum Gasteiger partial charge on any atom is -0.424 e. The lowest BCUT2D eigenvalue weighted by Gasteiger charge is -2.36. The molecule has 2 heterocycles. The minimum atomic E-state index is -0.956. The van der Waals surface area contributed by atoms with Crippen LogP contribution in [0.25, 0.3) is 0 Å². The number of nitrogens with one attached hydrogen (secondary N) is 3. The van der Waals surface area contributed by atoms with Gasteiger partial charge >= 0.3 is 0 Å². The van der Waals surface area contributed by atoms with Crippen LogP contribution < -0.4 is 16.0 Å². The predicted octanol–water partition coefficient (Wildman–Crippen LogP) is 3.23. The van der Waals surface area contributed by atoms with E-state index >= 15 is 0 Å². The lowest BCUT2D eigenvalue weighted by Crippen LogP contribution is -2.45. The van der Waals surface area contributed by atoms with E-state index in [0.717, 1.165) is 28.7 Å². The van der Waals surface area contributed by atoms with Gasteiger partial charge in [-0.3, -0.25) is 14.4 Å². The number of likely N-dealkylation sites (tertiary alicyclic amines) is 1. The second kappa shape index (κ2) is 13.2. The number of rotatable bonds is 9. The van der Waals surface area contributed by atoms with Gasteiger partial charge in [0.05, 0.1) is 12.6 Å². The average Bonchev–Trinajstić information content (AvgIpc) is 3.73. The molecule has 11 nitrogen and oxygen atoms in total. The van der Waals surface area contributed by atoms with Crippen molar-refractivity contribution in [1.82, 2.24) is 31.0 Å². The van der Waals surface area contributed by atoms with Crippen molar-refractivity contribution in [3.8, 4) is 6.07 Å². The Bertz CT molecular complexity index is 1570. The third kappa shape index (κ3) is 6.07. The zero-order valence-electron chi connectivity index (χ0n) is 26.6. The van der Waals surface area contributed by atoms with Crippen molar-refractivity contribution >= 4 is 17.7 Å². The van der Waals surface area contributed by atoms with Gasteiger partial charge in [-0.25, -0.2) is 0 Å². The molecule has 3 amide bonds. The third-order valence-corrected chi connectivity index (χ3v) is 9.01. The number of nitriles is 1. The van der Waals surface area contributed by atoms with E-state index in [0.29, 0.717) is 55.1 Å². The number of hydrogen-bond donors (Lipinski definition) is 3. The third-order valence-electron chi connectivity index (χ3n) is 9.01. The molecule has 0 spiro atoms. The van der Waals surface area contributed by atoms with Crippen molar-refractivity contribution in [3.05, 3.63) is 81.6 Å². The zero-order valence-corrected chi connectivity index (χ0v) is 26.6. The first-order valence-corrected chi connectivity index (χ1v) is 15.6. The Kier molecular flexibility index (Phi) is 9.34. The van der Waals surface area contributed by atoms with E-state index in [1.54, 1.807) is 19.0 Å². The Morgan fingerprint density at radius 3 is 2.11 bits per heavy atom. The molecule has 11 heteroatoms. The van der Waals surface area contributed by atoms with E-state index in [4.69, 9.17) is 4.42 Å². The van der Waals surface area contributed by atoms with Crippen molar-refractivity contribution in [2.24, 2.45) is 0 Å². The maximum atomic E-state index is 13.1. The number of hydrogen-bond acceptors (Lipinski definition) is 8. The Balaban J connectivity index is 1.65. The quantitative estimate of drug-likeness (QED) is 0.333. The van der Waals surface area contributed by atoms with E-state index in [9.17, 15) is 19.6 Å². The first kappa shape index (κ1) is 31.9. The number of benzene rings is 2. The van der Waals surface area contributed by atoms with Crippen LogP contribution in [0.5, 0.6) is 0 Å². The Morgan fingerprint density at radius 2 is 1.60 bits per heavy atom. The highest BCUT2D eigenvalue weighted by molar-refractivity contribution is 5.95. The topological polar surface area (TPSA) is 153 Å². The highest BCUT2D eigenvalue weighted by Gasteiger charge is 2.47. The molecule has 2 aliphatic rings. The van der Waals surface area contributed by atoms with Crippen LogP contribution in [-0.2, 0) is 23.1 Å². The molecule has 5 rings (SSSR count). The molecule has 1 aliphatic heterocycles. The number of nitrogens with zero attached hydrogens (tertiary/aromatic N) is 4. The zero-order chi connectivity index (χ0) is 32.3. The van der Waals surface area contributed by atoms with Crippen molar-refractivity contribution in [1.29, 1.82) is 5.26 Å². The summed E-state index contributed by atoms with van der Waals surface area (Å²) in [6, 6.07) is 13.0. The number of carbonyl (C=O) groups is 3. The second-order valence-electron chi connectivity index (χ2n) is 12.3.